The van der Waals surface area contributed by atoms with Crippen LogP contribution in [0.25, 0.3) is 0 Å². The van der Waals surface area contributed by atoms with Crippen LogP contribution >= 0.6 is 0 Å². The van der Waals surface area contributed by atoms with E-state index in [0.717, 1.165) is 62.5 Å². The maximum Gasteiger partial charge on any atom is 0.330 e. The first-order chi connectivity index (χ1) is 26.5. The summed E-state index contributed by atoms with van der Waals surface area (Å²) in [7, 11) is 0. The molecule has 1 aliphatic carbocycles. The Bertz CT molecular complexity index is 1710. The van der Waals surface area contributed by atoms with E-state index in [0.29, 0.717) is 37.2 Å². The van der Waals surface area contributed by atoms with Crippen molar-refractivity contribution >= 4 is 41.3 Å². The summed E-state index contributed by atoms with van der Waals surface area (Å²) in [5.74, 6) is -4.81. The Balaban J connectivity index is 1.33. The summed E-state index contributed by atoms with van der Waals surface area (Å²) in [5, 5.41) is 20.0. The van der Waals surface area contributed by atoms with Gasteiger partial charge in [-0.15, -0.1) is 0 Å². The quantitative estimate of drug-likeness (QED) is 0.202. The summed E-state index contributed by atoms with van der Waals surface area (Å²) in [5.41, 5.74) is 2.00. The number of rotatable bonds is 12. The molecule has 0 aromatic heterocycles. The Morgan fingerprint density at radius 1 is 0.909 bits per heavy atom. The van der Waals surface area contributed by atoms with Crippen LogP contribution in [-0.4, -0.2) is 82.6 Å². The minimum Gasteiger partial charge on any atom is -0.494 e. The molecular formula is C41H53N5O9. The van der Waals surface area contributed by atoms with Gasteiger partial charge in [0.05, 0.1) is 19.2 Å². The van der Waals surface area contributed by atoms with E-state index in [4.69, 9.17) is 4.74 Å². The molecule has 3 bridgehead atoms. The summed E-state index contributed by atoms with van der Waals surface area (Å²) in [6.07, 6.45) is 8.78. The number of ether oxygens (including phenoxy) is 1. The lowest BCUT2D eigenvalue weighted by Gasteiger charge is -2.40. The normalized spacial score (nSPS) is 20.6. The lowest BCUT2D eigenvalue weighted by Crippen LogP contribution is -2.61. The van der Waals surface area contributed by atoms with Crippen LogP contribution in [0.3, 0.4) is 0 Å². The van der Waals surface area contributed by atoms with Crippen molar-refractivity contribution in [2.75, 3.05) is 13.2 Å². The standard InChI is InChI=1S/C41H53N5O9/c1-2-13-31(37(49)39(51)42-24-34(48)45-36(41(53)54)27-16-9-6-10-17-27)43-38(50)32-23-28-19-20-30-22-29(28)25-46(32)40(52)35(26-14-7-5-8-15-26)44-33(47)18-11-3-4-12-21-55-30/h6,9-10,16-17,19-20,22,26,31-32,35-36H,2-5,7-8,11-15,18,21,23-25H2,1H3,(H,42,51)(H,43,50)(H,44,47)(H,45,48)(H,53,54)/t31-,32+,35+,36+/m1/s1. The minimum absolute atomic E-state index is 0.0855. The smallest absolute Gasteiger partial charge is 0.330 e. The predicted molar refractivity (Wildman–Crippen MR) is 201 cm³/mol. The van der Waals surface area contributed by atoms with Crippen molar-refractivity contribution in [2.45, 2.75) is 121 Å². The molecule has 0 radical (unpaired) electrons. The van der Waals surface area contributed by atoms with E-state index in [1.807, 2.05) is 18.2 Å². The highest BCUT2D eigenvalue weighted by Gasteiger charge is 2.42. The van der Waals surface area contributed by atoms with Gasteiger partial charge in [0.15, 0.2) is 6.04 Å². The first-order valence-corrected chi connectivity index (χ1v) is 19.6. The molecule has 2 heterocycles. The fraction of sp³-hybridized carbons (Fsp3) is 0.537. The molecule has 0 saturated heterocycles. The molecular weight excluding hydrogens is 706 g/mol. The Labute approximate surface area is 321 Å². The van der Waals surface area contributed by atoms with E-state index < -0.39 is 60.2 Å². The highest BCUT2D eigenvalue weighted by Crippen LogP contribution is 2.32. The van der Waals surface area contributed by atoms with Gasteiger partial charge in [-0.05, 0) is 66.8 Å². The van der Waals surface area contributed by atoms with Crippen LogP contribution in [0.2, 0.25) is 0 Å². The average Bonchev–Trinajstić information content (AvgIpc) is 3.19. The van der Waals surface area contributed by atoms with Crippen molar-refractivity contribution in [1.82, 2.24) is 26.2 Å². The third-order valence-electron chi connectivity index (χ3n) is 10.7. The molecule has 2 aromatic rings. The fourth-order valence-electron chi connectivity index (χ4n) is 7.70. The van der Waals surface area contributed by atoms with Crippen molar-refractivity contribution in [1.29, 1.82) is 0 Å². The maximum atomic E-state index is 14.7. The second-order valence-electron chi connectivity index (χ2n) is 14.7. The van der Waals surface area contributed by atoms with Gasteiger partial charge in [0.25, 0.3) is 5.91 Å². The lowest BCUT2D eigenvalue weighted by molar-refractivity contribution is -0.147. The second-order valence-corrected chi connectivity index (χ2v) is 14.7. The Hall–Kier alpha value is -5.27. The van der Waals surface area contributed by atoms with Gasteiger partial charge in [0.2, 0.25) is 29.4 Å². The van der Waals surface area contributed by atoms with Crippen molar-refractivity contribution < 1.29 is 43.4 Å². The fourth-order valence-corrected chi connectivity index (χ4v) is 7.70. The van der Waals surface area contributed by atoms with Gasteiger partial charge >= 0.3 is 5.97 Å². The highest BCUT2D eigenvalue weighted by atomic mass is 16.5. The highest BCUT2D eigenvalue weighted by molar-refractivity contribution is 6.38. The van der Waals surface area contributed by atoms with Crippen LogP contribution in [0, 0.1) is 5.92 Å². The molecule has 5 amide bonds. The largest absolute Gasteiger partial charge is 0.494 e. The topological polar surface area (TPSA) is 200 Å². The molecule has 3 aliphatic rings. The number of fused-ring (bicyclic) bond motifs is 2. The number of aliphatic carboxylic acids is 1. The number of carbonyl (C=O) groups excluding carboxylic acids is 6. The van der Waals surface area contributed by atoms with Gasteiger partial charge in [-0.3, -0.25) is 28.8 Å². The zero-order valence-corrected chi connectivity index (χ0v) is 31.5. The van der Waals surface area contributed by atoms with Gasteiger partial charge in [-0.25, -0.2) is 4.79 Å². The molecule has 1 saturated carbocycles. The summed E-state index contributed by atoms with van der Waals surface area (Å²) in [4.78, 5) is 94.6. The molecule has 1 fully saturated rings. The molecule has 2 aliphatic heterocycles. The molecule has 55 heavy (non-hydrogen) atoms. The number of hydrogen-bond acceptors (Lipinski definition) is 8. The van der Waals surface area contributed by atoms with Crippen LogP contribution in [0.4, 0.5) is 0 Å². The van der Waals surface area contributed by atoms with Crippen molar-refractivity contribution in [3.05, 3.63) is 65.2 Å². The first kappa shape index (κ1) is 40.9. The molecule has 296 valence electrons. The van der Waals surface area contributed by atoms with Crippen LogP contribution < -0.4 is 26.0 Å². The van der Waals surface area contributed by atoms with Crippen molar-refractivity contribution in [2.24, 2.45) is 5.92 Å². The predicted octanol–water partition coefficient (Wildman–Crippen LogP) is 3.26. The minimum atomic E-state index is -1.37. The SMILES string of the molecule is CCC[C@@H](NC(=O)[C@@H]1Cc2ccc3cc2CN1C(=O)[C@H](C1CCCCC1)NC(=O)CCCCCCO3)C(=O)C(=O)NCC(=O)N[C@H](C(=O)O)c1ccccc1. The number of carboxylic acid groups (broad SMARTS) is 1. The summed E-state index contributed by atoms with van der Waals surface area (Å²) in [6, 6.07) is 9.19. The Morgan fingerprint density at radius 3 is 2.36 bits per heavy atom. The Morgan fingerprint density at radius 2 is 1.64 bits per heavy atom. The zero-order chi connectivity index (χ0) is 39.3. The van der Waals surface area contributed by atoms with E-state index in [9.17, 15) is 38.7 Å². The van der Waals surface area contributed by atoms with Gasteiger partial charge in [0.1, 0.15) is 17.8 Å². The molecule has 0 spiro atoms. The number of carboxylic acids is 1. The van der Waals surface area contributed by atoms with E-state index in [-0.39, 0.29) is 37.1 Å². The molecule has 2 aromatic carbocycles. The molecule has 5 N–H and O–H groups in total. The van der Waals surface area contributed by atoms with E-state index in [1.165, 1.54) is 4.90 Å². The van der Waals surface area contributed by atoms with Gasteiger partial charge < -0.3 is 36.0 Å². The number of benzene rings is 2. The number of nitrogens with one attached hydrogen (secondary N) is 4. The molecule has 14 heteroatoms. The molecule has 14 nitrogen and oxygen atoms in total. The van der Waals surface area contributed by atoms with Crippen molar-refractivity contribution in [3.63, 3.8) is 0 Å². The average molecular weight is 760 g/mol. The lowest BCUT2D eigenvalue weighted by atomic mass is 9.82. The third kappa shape index (κ3) is 11.1. The first-order valence-electron chi connectivity index (χ1n) is 19.6. The molecule has 5 rings (SSSR count). The zero-order valence-electron chi connectivity index (χ0n) is 31.5. The second kappa shape index (κ2) is 19.9. The van der Waals surface area contributed by atoms with Gasteiger partial charge in [-0.1, -0.05) is 81.8 Å². The van der Waals surface area contributed by atoms with Gasteiger partial charge in [-0.2, -0.15) is 0 Å². The molecule has 0 unspecified atom stereocenters. The van der Waals surface area contributed by atoms with Gasteiger partial charge in [0, 0.05) is 19.4 Å². The number of Topliss-reactive ketones (excluding diaryl/α,β-unsaturated/α-hetero) is 1. The maximum absolute atomic E-state index is 14.7. The number of hydrogen-bond donors (Lipinski definition) is 5. The molecule has 4 atom stereocenters. The number of amides is 5. The number of carbonyl (C=O) groups is 7. The van der Waals surface area contributed by atoms with Crippen LogP contribution in [0.5, 0.6) is 5.75 Å². The number of ketones is 1. The monoisotopic (exact) mass is 759 g/mol. The van der Waals surface area contributed by atoms with E-state index in [2.05, 4.69) is 21.3 Å². The van der Waals surface area contributed by atoms with Crippen LogP contribution in [0.1, 0.15) is 107 Å². The van der Waals surface area contributed by atoms with Crippen LogP contribution in [0.15, 0.2) is 48.5 Å². The summed E-state index contributed by atoms with van der Waals surface area (Å²) in [6.45, 7) is 1.72. The van der Waals surface area contributed by atoms with E-state index in [1.54, 1.807) is 37.3 Å². The third-order valence-corrected chi connectivity index (χ3v) is 10.7. The summed E-state index contributed by atoms with van der Waals surface area (Å²) < 4.78 is 6.02. The van der Waals surface area contributed by atoms with Crippen LogP contribution in [-0.2, 0) is 46.5 Å². The van der Waals surface area contributed by atoms with E-state index >= 15 is 0 Å². The summed E-state index contributed by atoms with van der Waals surface area (Å²) >= 11 is 0. The number of nitrogens with zero attached hydrogens (tertiary/aromatic N) is 1. The van der Waals surface area contributed by atoms with Crippen molar-refractivity contribution in [3.8, 4) is 5.75 Å². The Kier molecular flexibility index (Phi) is 14.8.